The Morgan fingerprint density at radius 1 is 1.21 bits per heavy atom. The SMILES string of the molecule is COc1ccncc1-c1cc2c(cnn2-c2cc(N3C[C@H](CS(C)(=O)=O)[C@H]3C)cc(NCCO)n2)c(C)n1. The molecule has 0 radical (unpaired) electrons. The van der Waals surface area contributed by atoms with Crippen LogP contribution in [0.3, 0.4) is 0 Å². The van der Waals surface area contributed by atoms with Crippen molar-refractivity contribution in [1.82, 2.24) is 24.7 Å². The van der Waals surface area contributed by atoms with Crippen molar-refractivity contribution in [3.8, 4) is 22.8 Å². The molecule has 0 aliphatic carbocycles. The second kappa shape index (κ2) is 10.2. The van der Waals surface area contributed by atoms with Gasteiger partial charge in [0.25, 0.3) is 0 Å². The van der Waals surface area contributed by atoms with E-state index in [1.54, 1.807) is 36.4 Å². The first-order valence-corrected chi connectivity index (χ1v) is 14.4. The first kappa shape index (κ1) is 25.9. The monoisotopic (exact) mass is 537 g/mol. The Kier molecular flexibility index (Phi) is 6.93. The molecule has 11 nitrogen and oxygen atoms in total. The van der Waals surface area contributed by atoms with E-state index in [1.165, 1.54) is 6.26 Å². The molecular weight excluding hydrogens is 506 g/mol. The average molecular weight is 538 g/mol. The minimum Gasteiger partial charge on any atom is -0.496 e. The van der Waals surface area contributed by atoms with Gasteiger partial charge in [0.2, 0.25) is 0 Å². The number of aromatic nitrogens is 5. The molecule has 0 aromatic carbocycles. The van der Waals surface area contributed by atoms with Crippen LogP contribution in [0.2, 0.25) is 0 Å². The predicted octanol–water partition coefficient (Wildman–Crippen LogP) is 2.47. The fourth-order valence-corrected chi connectivity index (χ4v) is 6.07. The van der Waals surface area contributed by atoms with Gasteiger partial charge in [-0.1, -0.05) is 0 Å². The lowest BCUT2D eigenvalue weighted by Gasteiger charge is -2.48. The van der Waals surface area contributed by atoms with Crippen molar-refractivity contribution in [3.05, 3.63) is 48.5 Å². The lowest BCUT2D eigenvalue weighted by Crippen LogP contribution is -2.57. The number of hydrogen-bond acceptors (Lipinski definition) is 10. The molecular formula is C26H31N7O4S. The Morgan fingerprint density at radius 2 is 2.03 bits per heavy atom. The standard InChI is InChI=1S/C26H31N7O4S/c1-16-20-13-29-33(23(20)11-22(30-16)21-12-27-6-5-24(21)37-3)26-10-19(9-25(31-26)28-7-8-34)32-14-18(17(32)2)15-38(4,35)36/h5-6,9-13,17-18,34H,7-8,14-15H2,1-4H3,(H,28,31)/t17-,18-/m1/s1. The Bertz CT molecular complexity index is 1590. The van der Waals surface area contributed by atoms with Crippen LogP contribution in [0.1, 0.15) is 12.6 Å². The fourth-order valence-electron chi connectivity index (χ4n) is 4.91. The number of rotatable bonds is 9. The molecule has 38 heavy (non-hydrogen) atoms. The Morgan fingerprint density at radius 3 is 2.74 bits per heavy atom. The van der Waals surface area contributed by atoms with Crippen LogP contribution in [0.15, 0.2) is 42.9 Å². The molecule has 12 heteroatoms. The fraction of sp³-hybridized carbons (Fsp3) is 0.385. The number of aryl methyl sites for hydroxylation is 1. The van der Waals surface area contributed by atoms with Crippen molar-refractivity contribution in [2.75, 3.05) is 49.0 Å². The molecule has 0 unspecified atom stereocenters. The lowest BCUT2D eigenvalue weighted by atomic mass is 9.91. The van der Waals surface area contributed by atoms with Crippen LogP contribution < -0.4 is 15.0 Å². The van der Waals surface area contributed by atoms with Gasteiger partial charge in [-0.05, 0) is 26.0 Å². The van der Waals surface area contributed by atoms with Gasteiger partial charge in [0.1, 0.15) is 21.4 Å². The zero-order chi connectivity index (χ0) is 27.0. The largest absolute Gasteiger partial charge is 0.496 e. The number of ether oxygens (including phenoxy) is 1. The highest BCUT2D eigenvalue weighted by Crippen LogP contribution is 2.35. The number of methoxy groups -OCH3 is 1. The van der Waals surface area contributed by atoms with Gasteiger partial charge in [-0.15, -0.1) is 0 Å². The van der Waals surface area contributed by atoms with Gasteiger partial charge in [0.05, 0.1) is 42.4 Å². The number of hydrogen-bond donors (Lipinski definition) is 2. The highest BCUT2D eigenvalue weighted by atomic mass is 32.2. The summed E-state index contributed by atoms with van der Waals surface area (Å²) in [5.41, 5.74) is 4.01. The van der Waals surface area contributed by atoms with Crippen molar-refractivity contribution < 1.29 is 18.3 Å². The topological polar surface area (TPSA) is 135 Å². The quantitative estimate of drug-likeness (QED) is 0.328. The molecule has 2 N–H and O–H groups in total. The summed E-state index contributed by atoms with van der Waals surface area (Å²) in [6.45, 7) is 4.90. The summed E-state index contributed by atoms with van der Waals surface area (Å²) < 4.78 is 31.0. The molecule has 0 amide bonds. The van der Waals surface area contributed by atoms with E-state index in [9.17, 15) is 13.5 Å². The third-order valence-electron chi connectivity index (χ3n) is 6.92. The molecule has 2 atom stereocenters. The number of sulfone groups is 1. The van der Waals surface area contributed by atoms with Crippen molar-refractivity contribution in [3.63, 3.8) is 0 Å². The summed E-state index contributed by atoms with van der Waals surface area (Å²) >= 11 is 0. The summed E-state index contributed by atoms with van der Waals surface area (Å²) in [7, 11) is -1.45. The van der Waals surface area contributed by atoms with Crippen molar-refractivity contribution in [1.29, 1.82) is 0 Å². The van der Waals surface area contributed by atoms with Gasteiger partial charge in [0.15, 0.2) is 5.82 Å². The van der Waals surface area contributed by atoms with Crippen molar-refractivity contribution in [2.45, 2.75) is 19.9 Å². The maximum absolute atomic E-state index is 11.8. The molecule has 5 heterocycles. The molecule has 0 bridgehead atoms. The number of pyridine rings is 3. The highest BCUT2D eigenvalue weighted by molar-refractivity contribution is 7.90. The first-order valence-electron chi connectivity index (χ1n) is 12.3. The summed E-state index contributed by atoms with van der Waals surface area (Å²) in [6, 6.07) is 7.65. The summed E-state index contributed by atoms with van der Waals surface area (Å²) in [5.74, 6) is 2.07. The van der Waals surface area contributed by atoms with Gasteiger partial charge in [-0.3, -0.25) is 9.97 Å². The lowest BCUT2D eigenvalue weighted by molar-refractivity contribution is 0.311. The third-order valence-corrected chi connectivity index (χ3v) is 7.95. The summed E-state index contributed by atoms with van der Waals surface area (Å²) in [5, 5.41) is 18.0. The highest BCUT2D eigenvalue weighted by Gasteiger charge is 2.38. The first-order chi connectivity index (χ1) is 18.2. The molecule has 5 rings (SSSR count). The van der Waals surface area contributed by atoms with E-state index in [0.717, 1.165) is 27.8 Å². The molecule has 1 fully saturated rings. The maximum atomic E-state index is 11.8. The zero-order valence-electron chi connectivity index (χ0n) is 21.8. The van der Waals surface area contributed by atoms with Gasteiger partial charge in [-0.2, -0.15) is 5.10 Å². The van der Waals surface area contributed by atoms with Crippen LogP contribution >= 0.6 is 0 Å². The van der Waals surface area contributed by atoms with Gasteiger partial charge in [0, 0.05) is 72.6 Å². The smallest absolute Gasteiger partial charge is 0.158 e. The number of nitrogens with one attached hydrogen (secondary N) is 1. The van der Waals surface area contributed by atoms with Crippen LogP contribution in [-0.4, -0.2) is 83.1 Å². The van der Waals surface area contributed by atoms with Crippen LogP contribution in [0, 0.1) is 12.8 Å². The normalized spacial score (nSPS) is 17.4. The van der Waals surface area contributed by atoms with E-state index in [0.29, 0.717) is 36.2 Å². The molecule has 1 aliphatic rings. The number of anilines is 2. The molecule has 0 saturated carbocycles. The third kappa shape index (κ3) is 5.01. The van der Waals surface area contributed by atoms with Crippen LogP contribution in [0.4, 0.5) is 11.5 Å². The number of nitrogens with zero attached hydrogens (tertiary/aromatic N) is 6. The maximum Gasteiger partial charge on any atom is 0.158 e. The van der Waals surface area contributed by atoms with E-state index >= 15 is 0 Å². The Hall–Kier alpha value is -3.77. The van der Waals surface area contributed by atoms with Gasteiger partial charge < -0.3 is 20.1 Å². The van der Waals surface area contributed by atoms with Crippen LogP contribution in [0.5, 0.6) is 5.75 Å². The van der Waals surface area contributed by atoms with Crippen LogP contribution in [0.25, 0.3) is 28.0 Å². The number of fused-ring (bicyclic) bond motifs is 1. The van der Waals surface area contributed by atoms with Crippen molar-refractivity contribution in [2.24, 2.45) is 5.92 Å². The predicted molar refractivity (Wildman–Crippen MR) is 147 cm³/mol. The number of aliphatic hydroxyl groups is 1. The van der Waals surface area contributed by atoms with E-state index in [2.05, 4.69) is 20.3 Å². The Balaban J connectivity index is 1.58. The second-order valence-electron chi connectivity index (χ2n) is 9.62. The van der Waals surface area contributed by atoms with E-state index in [1.807, 2.05) is 32.0 Å². The van der Waals surface area contributed by atoms with Crippen LogP contribution in [-0.2, 0) is 9.84 Å². The van der Waals surface area contributed by atoms with Gasteiger partial charge >= 0.3 is 0 Å². The molecule has 1 aliphatic heterocycles. The molecule has 4 aromatic rings. The minimum absolute atomic E-state index is 0.0380. The van der Waals surface area contributed by atoms with E-state index in [-0.39, 0.29) is 24.3 Å². The molecule has 200 valence electrons. The zero-order valence-corrected chi connectivity index (χ0v) is 22.6. The summed E-state index contributed by atoms with van der Waals surface area (Å²) in [6.07, 6.45) is 6.44. The minimum atomic E-state index is -3.06. The van der Waals surface area contributed by atoms with E-state index < -0.39 is 9.84 Å². The van der Waals surface area contributed by atoms with Gasteiger partial charge in [-0.25, -0.2) is 18.1 Å². The van der Waals surface area contributed by atoms with E-state index in [4.69, 9.17) is 14.7 Å². The summed E-state index contributed by atoms with van der Waals surface area (Å²) in [4.78, 5) is 15.9. The Labute approximate surface area is 221 Å². The second-order valence-corrected chi connectivity index (χ2v) is 11.8. The average Bonchev–Trinajstić information content (AvgIpc) is 3.33. The molecule has 0 spiro atoms. The van der Waals surface area contributed by atoms with Crippen molar-refractivity contribution >= 4 is 32.2 Å². The molecule has 1 saturated heterocycles. The molecule has 4 aromatic heterocycles. The number of aliphatic hydroxyl groups excluding tert-OH is 1.